The molecule has 94 valence electrons. The molecule has 2 nitrogen and oxygen atoms in total. The Bertz CT molecular complexity index is 379. The van der Waals surface area contributed by atoms with Crippen LogP contribution in [0.25, 0.3) is 0 Å². The number of rotatable bonds is 4. The summed E-state index contributed by atoms with van der Waals surface area (Å²) >= 11 is 0. The normalized spacial score (nSPS) is 18.8. The number of ether oxygens (including phenoxy) is 1. The molecule has 0 bridgehead atoms. The van der Waals surface area contributed by atoms with Crippen LogP contribution >= 0.6 is 0 Å². The van der Waals surface area contributed by atoms with E-state index in [1.54, 1.807) is 12.1 Å². The molecule has 0 unspecified atom stereocenters. The van der Waals surface area contributed by atoms with E-state index in [4.69, 9.17) is 10.5 Å². The Balaban J connectivity index is 2.24. The van der Waals surface area contributed by atoms with Crippen LogP contribution < -0.4 is 5.73 Å². The summed E-state index contributed by atoms with van der Waals surface area (Å²) in [4.78, 5) is 0. The zero-order chi connectivity index (χ0) is 12.5. The van der Waals surface area contributed by atoms with Crippen molar-refractivity contribution in [3.63, 3.8) is 0 Å². The second-order valence-corrected chi connectivity index (χ2v) is 4.61. The summed E-state index contributed by atoms with van der Waals surface area (Å²) in [7, 11) is 0. The molecule has 1 aromatic carbocycles. The minimum Gasteiger partial charge on any atom is -0.379 e. The fraction of sp³-hybridized carbons (Fsp3) is 0.538. The molecule has 0 aliphatic carbocycles. The lowest BCUT2D eigenvalue weighted by molar-refractivity contribution is -0.0551. The van der Waals surface area contributed by atoms with Gasteiger partial charge in [0.1, 0.15) is 0 Å². The highest BCUT2D eigenvalue weighted by Gasteiger charge is 2.39. The maximum absolute atomic E-state index is 13.4. The van der Waals surface area contributed by atoms with E-state index in [1.807, 2.05) is 0 Å². The van der Waals surface area contributed by atoms with E-state index >= 15 is 0 Å². The first-order valence-corrected chi connectivity index (χ1v) is 5.81. The van der Waals surface area contributed by atoms with E-state index in [0.29, 0.717) is 19.8 Å². The smallest absolute Gasteiger partial charge is 0.273 e. The van der Waals surface area contributed by atoms with Gasteiger partial charge in [0.2, 0.25) is 0 Å². The second-order valence-electron chi connectivity index (χ2n) is 4.61. The van der Waals surface area contributed by atoms with Crippen molar-refractivity contribution in [3.8, 4) is 0 Å². The van der Waals surface area contributed by atoms with Gasteiger partial charge >= 0.3 is 0 Å². The van der Waals surface area contributed by atoms with Crippen LogP contribution in [-0.2, 0) is 16.1 Å². The van der Waals surface area contributed by atoms with Crippen LogP contribution in [0.5, 0.6) is 0 Å². The van der Waals surface area contributed by atoms with Gasteiger partial charge in [0.15, 0.2) is 0 Å². The van der Waals surface area contributed by atoms with E-state index in [1.165, 1.54) is 19.1 Å². The van der Waals surface area contributed by atoms with Gasteiger partial charge in [0, 0.05) is 18.5 Å². The van der Waals surface area contributed by atoms with Gasteiger partial charge < -0.3 is 10.5 Å². The van der Waals surface area contributed by atoms with Gasteiger partial charge in [-0.05, 0) is 5.56 Å². The zero-order valence-electron chi connectivity index (χ0n) is 9.88. The lowest BCUT2D eigenvalue weighted by Gasteiger charge is -2.41. The van der Waals surface area contributed by atoms with Gasteiger partial charge in [-0.2, -0.15) is 0 Å². The summed E-state index contributed by atoms with van der Waals surface area (Å²) < 4.78 is 32.1. The number of halogens is 2. The van der Waals surface area contributed by atoms with Crippen molar-refractivity contribution in [2.75, 3.05) is 19.8 Å². The maximum Gasteiger partial charge on any atom is 0.273 e. The minimum absolute atomic E-state index is 0.0659. The molecule has 2 N–H and O–H groups in total. The third-order valence-corrected chi connectivity index (χ3v) is 3.51. The second kappa shape index (κ2) is 4.35. The first-order valence-electron chi connectivity index (χ1n) is 5.81. The molecule has 1 aliphatic rings. The van der Waals surface area contributed by atoms with E-state index in [2.05, 4.69) is 0 Å². The molecule has 17 heavy (non-hydrogen) atoms. The van der Waals surface area contributed by atoms with E-state index < -0.39 is 5.92 Å². The van der Waals surface area contributed by atoms with E-state index in [0.717, 1.165) is 5.56 Å². The predicted molar refractivity (Wildman–Crippen MR) is 62.2 cm³/mol. The summed E-state index contributed by atoms with van der Waals surface area (Å²) in [6, 6.07) is 6.48. The Morgan fingerprint density at radius 2 is 1.88 bits per heavy atom. The van der Waals surface area contributed by atoms with Gasteiger partial charge in [-0.25, -0.2) is 8.78 Å². The lowest BCUT2D eigenvalue weighted by Crippen LogP contribution is -2.52. The zero-order valence-corrected chi connectivity index (χ0v) is 9.88. The van der Waals surface area contributed by atoms with Crippen molar-refractivity contribution in [3.05, 3.63) is 35.4 Å². The molecule has 4 heteroatoms. The quantitative estimate of drug-likeness (QED) is 0.878. The number of alkyl halides is 2. The molecule has 1 saturated heterocycles. The van der Waals surface area contributed by atoms with E-state index in [9.17, 15) is 8.78 Å². The largest absolute Gasteiger partial charge is 0.379 e. The number of nitrogens with two attached hydrogens (primary N) is 1. The molecule has 1 aromatic rings. The monoisotopic (exact) mass is 241 g/mol. The number of benzene rings is 1. The highest BCUT2D eigenvalue weighted by atomic mass is 19.3. The summed E-state index contributed by atoms with van der Waals surface area (Å²) in [6.45, 7) is 3.12. The molecule has 0 radical (unpaired) electrons. The average molecular weight is 241 g/mol. The van der Waals surface area contributed by atoms with Crippen LogP contribution in [0.1, 0.15) is 24.5 Å². The number of hydrogen-bond donors (Lipinski definition) is 1. The van der Waals surface area contributed by atoms with Crippen LogP contribution in [0.2, 0.25) is 0 Å². The molecule has 1 fully saturated rings. The molecule has 1 aliphatic heterocycles. The van der Waals surface area contributed by atoms with Crippen LogP contribution in [0.15, 0.2) is 24.3 Å². The Kier molecular flexibility index (Phi) is 3.19. The van der Waals surface area contributed by atoms with Crippen LogP contribution in [-0.4, -0.2) is 19.8 Å². The van der Waals surface area contributed by atoms with Gasteiger partial charge in [-0.3, -0.25) is 0 Å². The molecular formula is C13H17F2NO. The van der Waals surface area contributed by atoms with Crippen molar-refractivity contribution in [2.45, 2.75) is 24.7 Å². The molecule has 2 rings (SSSR count). The first kappa shape index (κ1) is 12.5. The number of hydrogen-bond acceptors (Lipinski definition) is 2. The Morgan fingerprint density at radius 3 is 2.24 bits per heavy atom. The van der Waals surface area contributed by atoms with Gasteiger partial charge in [-0.15, -0.1) is 0 Å². The summed E-state index contributed by atoms with van der Waals surface area (Å²) in [5, 5.41) is 0. The molecular weight excluding hydrogens is 224 g/mol. The lowest BCUT2D eigenvalue weighted by atomic mass is 9.78. The highest BCUT2D eigenvalue weighted by molar-refractivity contribution is 5.33. The maximum atomic E-state index is 13.4. The van der Waals surface area contributed by atoms with Crippen LogP contribution in [0.4, 0.5) is 8.78 Å². The minimum atomic E-state index is -2.75. The fourth-order valence-electron chi connectivity index (χ4n) is 2.02. The van der Waals surface area contributed by atoms with Crippen molar-refractivity contribution in [1.29, 1.82) is 0 Å². The van der Waals surface area contributed by atoms with Crippen molar-refractivity contribution >= 4 is 0 Å². The topological polar surface area (TPSA) is 35.2 Å². The SMILES string of the molecule is CCC(F)(F)c1ccc(C2(CN)COC2)cc1. The van der Waals surface area contributed by atoms with Crippen LogP contribution in [0, 0.1) is 0 Å². The summed E-state index contributed by atoms with van der Waals surface area (Å²) in [5.74, 6) is -2.75. The van der Waals surface area contributed by atoms with Crippen molar-refractivity contribution in [1.82, 2.24) is 0 Å². The molecule has 0 spiro atoms. The van der Waals surface area contributed by atoms with Gasteiger partial charge in [0.05, 0.1) is 18.6 Å². The molecule has 0 aromatic heterocycles. The van der Waals surface area contributed by atoms with Crippen molar-refractivity contribution < 1.29 is 13.5 Å². The molecule has 1 heterocycles. The Morgan fingerprint density at radius 1 is 1.29 bits per heavy atom. The summed E-state index contributed by atoms with van der Waals surface area (Å²) in [5.41, 5.74) is 6.61. The highest BCUT2D eigenvalue weighted by Crippen LogP contribution is 2.35. The summed E-state index contributed by atoms with van der Waals surface area (Å²) in [6.07, 6.45) is -0.183. The molecule has 0 saturated carbocycles. The van der Waals surface area contributed by atoms with Gasteiger partial charge in [-0.1, -0.05) is 31.2 Å². The Labute approximate surface area is 99.8 Å². The molecule has 0 atom stereocenters. The van der Waals surface area contributed by atoms with Crippen LogP contribution in [0.3, 0.4) is 0 Å². The average Bonchev–Trinajstić information content (AvgIpc) is 2.29. The fourth-order valence-corrected chi connectivity index (χ4v) is 2.02. The third-order valence-electron chi connectivity index (χ3n) is 3.51. The first-order chi connectivity index (χ1) is 8.04. The standard InChI is InChI=1S/C13H17F2NO/c1-2-13(14,15)11-5-3-10(4-6-11)12(7-16)8-17-9-12/h3-6H,2,7-9,16H2,1H3. The van der Waals surface area contributed by atoms with Gasteiger partial charge in [0.25, 0.3) is 5.92 Å². The van der Waals surface area contributed by atoms with Crippen molar-refractivity contribution in [2.24, 2.45) is 5.73 Å². The third kappa shape index (κ3) is 2.07. The predicted octanol–water partition coefficient (Wildman–Crippen LogP) is 2.42. The molecule has 0 amide bonds. The Hall–Kier alpha value is -1.00. The van der Waals surface area contributed by atoms with E-state index in [-0.39, 0.29) is 17.4 Å².